The summed E-state index contributed by atoms with van der Waals surface area (Å²) in [5, 5.41) is 9.56. The second-order valence-electron chi connectivity index (χ2n) is 3.66. The van der Waals surface area contributed by atoms with E-state index in [9.17, 15) is 5.11 Å². The van der Waals surface area contributed by atoms with E-state index >= 15 is 0 Å². The molecule has 1 atom stereocenters. The number of aliphatic hydroxyl groups is 1. The predicted molar refractivity (Wildman–Crippen MR) is 67.6 cm³/mol. The first-order valence-corrected chi connectivity index (χ1v) is 5.74. The number of rotatable bonds is 3. The number of aliphatic hydroxyl groups excluding tert-OH is 1. The van der Waals surface area contributed by atoms with Crippen LogP contribution in [0.3, 0.4) is 0 Å². The molecule has 0 bridgehead atoms. The maximum absolute atomic E-state index is 9.56. The number of benzene rings is 2. The van der Waals surface area contributed by atoms with Crippen LogP contribution in [0.2, 0.25) is 0 Å². The molecule has 2 heteroatoms. The van der Waals surface area contributed by atoms with Gasteiger partial charge in [-0.1, -0.05) is 54.6 Å². The number of hydrogen-bond acceptors (Lipinski definition) is 1. The average molecular weight is 233 g/mol. The molecule has 0 spiro atoms. The predicted octanol–water partition coefficient (Wildman–Crippen LogP) is 3.63. The Morgan fingerprint density at radius 1 is 0.875 bits per heavy atom. The van der Waals surface area contributed by atoms with E-state index < -0.39 is 6.10 Å². The lowest BCUT2D eigenvalue weighted by molar-refractivity contribution is 0.202. The van der Waals surface area contributed by atoms with Gasteiger partial charge in [-0.3, -0.25) is 0 Å². The summed E-state index contributed by atoms with van der Waals surface area (Å²) in [6.45, 7) is 0. The fourth-order valence-corrected chi connectivity index (χ4v) is 1.80. The maximum Gasteiger partial charge on any atom is 0.0925 e. The van der Waals surface area contributed by atoms with Crippen LogP contribution < -0.4 is 0 Å². The third kappa shape index (κ3) is 2.43. The van der Waals surface area contributed by atoms with Crippen molar-refractivity contribution >= 4 is 11.6 Å². The Kier molecular flexibility index (Phi) is 3.60. The Hall–Kier alpha value is -1.31. The van der Waals surface area contributed by atoms with Gasteiger partial charge in [0, 0.05) is 0 Å². The van der Waals surface area contributed by atoms with Crippen LogP contribution in [0, 0.1) is 0 Å². The fraction of sp³-hybridized carbons (Fsp3) is 0.143. The highest BCUT2D eigenvalue weighted by Gasteiger charge is 2.05. The summed E-state index contributed by atoms with van der Waals surface area (Å²) in [4.78, 5) is 0. The molecule has 2 aromatic carbocycles. The van der Waals surface area contributed by atoms with Crippen molar-refractivity contribution < 1.29 is 5.11 Å². The van der Waals surface area contributed by atoms with Gasteiger partial charge >= 0.3 is 0 Å². The van der Waals surface area contributed by atoms with Gasteiger partial charge in [0.05, 0.1) is 12.0 Å². The van der Waals surface area contributed by atoms with Crippen LogP contribution in [-0.4, -0.2) is 11.0 Å². The minimum atomic E-state index is -0.577. The van der Waals surface area contributed by atoms with E-state index in [0.29, 0.717) is 0 Å². The van der Waals surface area contributed by atoms with Crippen molar-refractivity contribution in [2.75, 3.05) is 5.88 Å². The van der Waals surface area contributed by atoms with Crippen molar-refractivity contribution in [1.29, 1.82) is 0 Å². The molecule has 0 aliphatic rings. The second-order valence-corrected chi connectivity index (χ2v) is 3.97. The van der Waals surface area contributed by atoms with Gasteiger partial charge in [0.2, 0.25) is 0 Å². The molecule has 1 N–H and O–H groups in total. The first kappa shape index (κ1) is 11.2. The number of alkyl halides is 1. The summed E-state index contributed by atoms with van der Waals surface area (Å²) in [7, 11) is 0. The average Bonchev–Trinajstić information content (AvgIpc) is 2.39. The molecular weight excluding hydrogens is 220 g/mol. The van der Waals surface area contributed by atoms with E-state index in [4.69, 9.17) is 11.6 Å². The Morgan fingerprint density at radius 2 is 1.44 bits per heavy atom. The minimum Gasteiger partial charge on any atom is -0.387 e. The summed E-state index contributed by atoms with van der Waals surface area (Å²) < 4.78 is 0. The first-order valence-electron chi connectivity index (χ1n) is 5.20. The normalized spacial score (nSPS) is 12.4. The molecule has 0 unspecified atom stereocenters. The van der Waals surface area contributed by atoms with E-state index in [-0.39, 0.29) is 5.88 Å². The van der Waals surface area contributed by atoms with Crippen LogP contribution in [0.1, 0.15) is 11.7 Å². The molecule has 0 heterocycles. The Labute approximate surface area is 100 Å². The topological polar surface area (TPSA) is 20.2 Å². The maximum atomic E-state index is 9.56. The van der Waals surface area contributed by atoms with E-state index in [2.05, 4.69) is 12.1 Å². The van der Waals surface area contributed by atoms with Gasteiger partial charge in [-0.25, -0.2) is 0 Å². The van der Waals surface area contributed by atoms with Crippen LogP contribution in [0.5, 0.6) is 0 Å². The molecule has 82 valence electrons. The lowest BCUT2D eigenvalue weighted by Gasteiger charge is -2.08. The molecule has 0 radical (unpaired) electrons. The summed E-state index contributed by atoms with van der Waals surface area (Å²) in [6, 6.07) is 18.0. The highest BCUT2D eigenvalue weighted by molar-refractivity contribution is 6.18. The van der Waals surface area contributed by atoms with Crippen LogP contribution in [-0.2, 0) is 0 Å². The lowest BCUT2D eigenvalue weighted by atomic mass is 10.0. The minimum absolute atomic E-state index is 0.227. The van der Waals surface area contributed by atoms with Crippen molar-refractivity contribution in [3.05, 3.63) is 60.2 Å². The SMILES string of the molecule is O[C@H](CCl)c1ccc(-c2ccccc2)cc1. The van der Waals surface area contributed by atoms with E-state index in [1.165, 1.54) is 5.56 Å². The van der Waals surface area contributed by atoms with Crippen LogP contribution in [0.4, 0.5) is 0 Å². The summed E-state index contributed by atoms with van der Waals surface area (Å²) in [6.07, 6.45) is -0.577. The van der Waals surface area contributed by atoms with E-state index in [1.807, 2.05) is 42.5 Å². The molecule has 2 aromatic rings. The summed E-state index contributed by atoms with van der Waals surface area (Å²) in [5.41, 5.74) is 3.18. The first-order chi connectivity index (χ1) is 7.81. The third-order valence-corrected chi connectivity index (χ3v) is 2.84. The van der Waals surface area contributed by atoms with Gasteiger partial charge in [-0.05, 0) is 16.7 Å². The van der Waals surface area contributed by atoms with Crippen LogP contribution in [0.15, 0.2) is 54.6 Å². The molecule has 0 aromatic heterocycles. The molecule has 0 saturated heterocycles. The number of hydrogen-bond donors (Lipinski definition) is 1. The van der Waals surface area contributed by atoms with E-state index in [1.54, 1.807) is 0 Å². The molecular formula is C14H13ClO. The lowest BCUT2D eigenvalue weighted by Crippen LogP contribution is -1.97. The molecule has 0 aliphatic heterocycles. The summed E-state index contributed by atoms with van der Waals surface area (Å²) >= 11 is 5.59. The zero-order valence-corrected chi connectivity index (χ0v) is 9.56. The quantitative estimate of drug-likeness (QED) is 0.802. The van der Waals surface area contributed by atoms with Crippen LogP contribution in [0.25, 0.3) is 11.1 Å². The molecule has 0 amide bonds. The Bertz CT molecular complexity index is 436. The van der Waals surface area contributed by atoms with Crippen LogP contribution >= 0.6 is 11.6 Å². The van der Waals surface area contributed by atoms with Crippen molar-refractivity contribution in [1.82, 2.24) is 0 Å². The number of halogens is 1. The van der Waals surface area contributed by atoms with E-state index in [0.717, 1.165) is 11.1 Å². The highest BCUT2D eigenvalue weighted by atomic mass is 35.5. The molecule has 0 fully saturated rings. The Balaban J connectivity index is 2.26. The smallest absolute Gasteiger partial charge is 0.0925 e. The van der Waals surface area contributed by atoms with Gasteiger partial charge in [-0.15, -0.1) is 11.6 Å². The van der Waals surface area contributed by atoms with Gasteiger partial charge in [-0.2, -0.15) is 0 Å². The van der Waals surface area contributed by atoms with Gasteiger partial charge in [0.15, 0.2) is 0 Å². The van der Waals surface area contributed by atoms with Crippen molar-refractivity contribution in [2.45, 2.75) is 6.10 Å². The highest BCUT2D eigenvalue weighted by Crippen LogP contribution is 2.22. The monoisotopic (exact) mass is 232 g/mol. The van der Waals surface area contributed by atoms with Crippen molar-refractivity contribution in [2.24, 2.45) is 0 Å². The van der Waals surface area contributed by atoms with Gasteiger partial charge < -0.3 is 5.11 Å². The molecule has 1 nitrogen and oxygen atoms in total. The largest absolute Gasteiger partial charge is 0.387 e. The standard InChI is InChI=1S/C14H13ClO/c15-10-14(16)13-8-6-12(7-9-13)11-4-2-1-3-5-11/h1-9,14,16H,10H2/t14-/m1/s1. The third-order valence-electron chi connectivity index (χ3n) is 2.55. The zero-order valence-electron chi connectivity index (χ0n) is 8.81. The zero-order chi connectivity index (χ0) is 11.4. The molecule has 0 aliphatic carbocycles. The molecule has 16 heavy (non-hydrogen) atoms. The van der Waals surface area contributed by atoms with Gasteiger partial charge in [0.25, 0.3) is 0 Å². The summed E-state index contributed by atoms with van der Waals surface area (Å²) in [5.74, 6) is 0.227. The second kappa shape index (κ2) is 5.15. The fourth-order valence-electron chi connectivity index (χ4n) is 1.62. The van der Waals surface area contributed by atoms with Gasteiger partial charge in [0.1, 0.15) is 0 Å². The Morgan fingerprint density at radius 3 is 2.00 bits per heavy atom. The molecule has 0 saturated carbocycles. The van der Waals surface area contributed by atoms with Crippen molar-refractivity contribution in [3.8, 4) is 11.1 Å². The van der Waals surface area contributed by atoms with Crippen molar-refractivity contribution in [3.63, 3.8) is 0 Å². The molecule has 2 rings (SSSR count).